The average molecular weight is 425 g/mol. The molecule has 3 aromatic carbocycles. The Bertz CT molecular complexity index is 1140. The Morgan fingerprint density at radius 1 is 0.833 bits per heavy atom. The second-order valence-electron chi connectivity index (χ2n) is 7.10. The van der Waals surface area contributed by atoms with Crippen molar-refractivity contribution < 1.29 is 17.9 Å². The summed E-state index contributed by atoms with van der Waals surface area (Å²) in [5.41, 5.74) is 4.02. The van der Waals surface area contributed by atoms with Gasteiger partial charge in [-0.2, -0.15) is 0 Å². The molecule has 0 bridgehead atoms. The first-order chi connectivity index (χ1) is 14.2. The Morgan fingerprint density at radius 3 is 2.07 bits per heavy atom. The third-order valence-electron chi connectivity index (χ3n) is 4.44. The van der Waals surface area contributed by atoms with Crippen LogP contribution in [0.1, 0.15) is 16.7 Å². The van der Waals surface area contributed by atoms with Crippen LogP contribution in [0.15, 0.2) is 71.6 Å². The second kappa shape index (κ2) is 9.00. The smallest absolute Gasteiger partial charge is 0.262 e. The zero-order chi connectivity index (χ0) is 21.7. The van der Waals surface area contributed by atoms with Crippen molar-refractivity contribution in [2.24, 2.45) is 0 Å². The molecule has 0 heterocycles. The van der Waals surface area contributed by atoms with Crippen molar-refractivity contribution in [1.29, 1.82) is 0 Å². The quantitative estimate of drug-likeness (QED) is 0.588. The summed E-state index contributed by atoms with van der Waals surface area (Å²) in [5, 5.41) is 2.73. The molecule has 0 aliphatic carbocycles. The first-order valence-electron chi connectivity index (χ1n) is 9.42. The van der Waals surface area contributed by atoms with Crippen LogP contribution in [0.3, 0.4) is 0 Å². The summed E-state index contributed by atoms with van der Waals surface area (Å²) in [7, 11) is -3.67. The number of benzene rings is 3. The number of amides is 1. The fraction of sp³-hybridized carbons (Fsp3) is 0.174. The number of hydrogen-bond acceptors (Lipinski definition) is 4. The maximum Gasteiger partial charge on any atom is 0.262 e. The summed E-state index contributed by atoms with van der Waals surface area (Å²) >= 11 is 0. The Kier molecular flexibility index (Phi) is 6.42. The fourth-order valence-electron chi connectivity index (χ4n) is 2.85. The zero-order valence-corrected chi connectivity index (χ0v) is 17.9. The van der Waals surface area contributed by atoms with E-state index in [4.69, 9.17) is 4.74 Å². The number of carbonyl (C=O) groups is 1. The van der Waals surface area contributed by atoms with Crippen molar-refractivity contribution in [3.63, 3.8) is 0 Å². The third kappa shape index (κ3) is 5.61. The van der Waals surface area contributed by atoms with Crippen molar-refractivity contribution >= 4 is 27.3 Å². The maximum atomic E-state index is 12.4. The molecule has 0 atom stereocenters. The highest BCUT2D eigenvalue weighted by Crippen LogP contribution is 2.20. The number of aryl methyl sites for hydroxylation is 3. The largest absolute Gasteiger partial charge is 0.483 e. The number of sulfonamides is 1. The van der Waals surface area contributed by atoms with Gasteiger partial charge in [0.2, 0.25) is 0 Å². The van der Waals surface area contributed by atoms with E-state index in [9.17, 15) is 13.2 Å². The summed E-state index contributed by atoms with van der Waals surface area (Å²) in [4.78, 5) is 12.3. The summed E-state index contributed by atoms with van der Waals surface area (Å²) in [6.07, 6.45) is 0. The van der Waals surface area contributed by atoms with E-state index in [1.165, 1.54) is 0 Å². The molecular formula is C23H24N2O4S. The molecule has 30 heavy (non-hydrogen) atoms. The zero-order valence-electron chi connectivity index (χ0n) is 17.1. The van der Waals surface area contributed by atoms with Gasteiger partial charge in [-0.3, -0.25) is 9.52 Å². The average Bonchev–Trinajstić information content (AvgIpc) is 2.69. The minimum absolute atomic E-state index is 0.119. The number of rotatable bonds is 7. The third-order valence-corrected chi connectivity index (χ3v) is 5.84. The minimum atomic E-state index is -3.67. The Hall–Kier alpha value is -3.32. The molecular weight excluding hydrogens is 400 g/mol. The molecule has 3 aromatic rings. The highest BCUT2D eigenvalue weighted by Gasteiger charge is 2.14. The van der Waals surface area contributed by atoms with Crippen molar-refractivity contribution in [2.45, 2.75) is 25.7 Å². The van der Waals surface area contributed by atoms with Crippen LogP contribution in [-0.2, 0) is 14.8 Å². The van der Waals surface area contributed by atoms with Crippen LogP contribution < -0.4 is 14.8 Å². The first kappa shape index (κ1) is 21.4. The predicted molar refractivity (Wildman–Crippen MR) is 118 cm³/mol. The van der Waals surface area contributed by atoms with Crippen molar-refractivity contribution in [1.82, 2.24) is 0 Å². The molecule has 156 valence electrons. The molecule has 7 heteroatoms. The summed E-state index contributed by atoms with van der Waals surface area (Å²) < 4.78 is 33.0. The van der Waals surface area contributed by atoms with Gasteiger partial charge in [0.25, 0.3) is 15.9 Å². The molecule has 0 unspecified atom stereocenters. The van der Waals surface area contributed by atoms with Gasteiger partial charge in [0.1, 0.15) is 5.75 Å². The molecule has 0 radical (unpaired) electrons. The van der Waals surface area contributed by atoms with E-state index in [0.717, 1.165) is 16.7 Å². The van der Waals surface area contributed by atoms with Crippen LogP contribution in [0.5, 0.6) is 5.75 Å². The number of nitrogens with one attached hydrogen (secondary N) is 2. The molecule has 0 fully saturated rings. The van der Waals surface area contributed by atoms with E-state index in [2.05, 4.69) is 10.0 Å². The predicted octanol–water partition coefficient (Wildman–Crippen LogP) is 4.43. The summed E-state index contributed by atoms with van der Waals surface area (Å²) in [5.74, 6) is 0.361. The number of hydrogen-bond donors (Lipinski definition) is 2. The van der Waals surface area contributed by atoms with Gasteiger partial charge < -0.3 is 10.1 Å². The van der Waals surface area contributed by atoms with E-state index in [1.807, 2.05) is 39.0 Å². The Morgan fingerprint density at radius 2 is 1.43 bits per heavy atom. The van der Waals surface area contributed by atoms with Crippen molar-refractivity contribution in [2.75, 3.05) is 16.6 Å². The molecule has 0 aromatic heterocycles. The van der Waals surface area contributed by atoms with Crippen molar-refractivity contribution in [3.05, 3.63) is 83.4 Å². The standard InChI is InChI=1S/C23H24N2O4S/c1-16-4-11-21(12-5-16)30(27,28)25-20-9-7-19(8-10-20)24-23(26)15-29-22-13-6-17(2)14-18(22)3/h4-14,25H,15H2,1-3H3,(H,24,26). The topological polar surface area (TPSA) is 84.5 Å². The Balaban J connectivity index is 1.57. The lowest BCUT2D eigenvalue weighted by Crippen LogP contribution is -2.20. The van der Waals surface area contributed by atoms with Gasteiger partial charge in [-0.1, -0.05) is 35.4 Å². The molecule has 0 saturated heterocycles. The summed E-state index contributed by atoms with van der Waals surface area (Å²) in [6, 6.07) is 18.8. The van der Waals surface area contributed by atoms with Gasteiger partial charge in [0.05, 0.1) is 4.90 Å². The molecule has 0 spiro atoms. The first-order valence-corrected chi connectivity index (χ1v) is 10.9. The minimum Gasteiger partial charge on any atom is -0.483 e. The molecule has 6 nitrogen and oxygen atoms in total. The number of ether oxygens (including phenoxy) is 1. The molecule has 0 saturated carbocycles. The van der Waals surface area contributed by atoms with Crippen LogP contribution >= 0.6 is 0 Å². The lowest BCUT2D eigenvalue weighted by atomic mass is 10.1. The molecule has 2 N–H and O–H groups in total. The summed E-state index contributed by atoms with van der Waals surface area (Å²) in [6.45, 7) is 5.69. The van der Waals surface area contributed by atoms with Gasteiger partial charge in [-0.25, -0.2) is 8.42 Å². The molecule has 0 aliphatic heterocycles. The normalized spacial score (nSPS) is 11.0. The monoisotopic (exact) mass is 424 g/mol. The molecule has 3 rings (SSSR count). The lowest BCUT2D eigenvalue weighted by molar-refractivity contribution is -0.118. The highest BCUT2D eigenvalue weighted by molar-refractivity contribution is 7.92. The maximum absolute atomic E-state index is 12.4. The molecule has 1 amide bonds. The van der Waals surface area contributed by atoms with Crippen LogP contribution in [0, 0.1) is 20.8 Å². The van der Waals surface area contributed by atoms with Crippen molar-refractivity contribution in [3.8, 4) is 5.75 Å². The Labute approximate surface area is 177 Å². The van der Waals surface area contributed by atoms with E-state index in [-0.39, 0.29) is 17.4 Å². The molecule has 0 aliphatic rings. The van der Waals surface area contributed by atoms with E-state index in [1.54, 1.807) is 48.5 Å². The van der Waals surface area contributed by atoms with Gasteiger partial charge in [-0.15, -0.1) is 0 Å². The number of carbonyl (C=O) groups excluding carboxylic acids is 1. The van der Waals surface area contributed by atoms with Crippen LogP contribution in [-0.4, -0.2) is 20.9 Å². The van der Waals surface area contributed by atoms with Gasteiger partial charge in [-0.05, 0) is 68.8 Å². The van der Waals surface area contributed by atoms with E-state index >= 15 is 0 Å². The van der Waals surface area contributed by atoms with Crippen LogP contribution in [0.2, 0.25) is 0 Å². The van der Waals surface area contributed by atoms with Gasteiger partial charge in [0.15, 0.2) is 6.61 Å². The number of anilines is 2. The lowest BCUT2D eigenvalue weighted by Gasteiger charge is -2.11. The van der Waals surface area contributed by atoms with Gasteiger partial charge in [0, 0.05) is 11.4 Å². The SMILES string of the molecule is Cc1ccc(S(=O)(=O)Nc2ccc(NC(=O)COc3ccc(C)cc3C)cc2)cc1. The van der Waals surface area contributed by atoms with E-state index < -0.39 is 10.0 Å². The van der Waals surface area contributed by atoms with Crippen LogP contribution in [0.4, 0.5) is 11.4 Å². The second-order valence-corrected chi connectivity index (χ2v) is 8.78. The highest BCUT2D eigenvalue weighted by atomic mass is 32.2. The fourth-order valence-corrected chi connectivity index (χ4v) is 3.91. The van der Waals surface area contributed by atoms with Gasteiger partial charge >= 0.3 is 0 Å². The van der Waals surface area contributed by atoms with Crippen LogP contribution in [0.25, 0.3) is 0 Å². The van der Waals surface area contributed by atoms with E-state index in [0.29, 0.717) is 17.1 Å².